The molecule has 2 N–H and O–H groups in total. The molecule has 134 valence electrons. The predicted molar refractivity (Wildman–Crippen MR) is 102 cm³/mol. The van der Waals surface area contributed by atoms with Crippen LogP contribution in [0.5, 0.6) is 0 Å². The molecule has 5 nitrogen and oxygen atoms in total. The first-order chi connectivity index (χ1) is 11.8. The van der Waals surface area contributed by atoms with Gasteiger partial charge in [0.2, 0.25) is 5.91 Å². The van der Waals surface area contributed by atoms with E-state index in [9.17, 15) is 4.79 Å². The number of amides is 1. The van der Waals surface area contributed by atoms with Crippen LogP contribution in [0.15, 0.2) is 30.3 Å². The molecule has 2 saturated heterocycles. The third-order valence-electron chi connectivity index (χ3n) is 4.97. The first-order valence-electron chi connectivity index (χ1n) is 8.67. The van der Waals surface area contributed by atoms with Gasteiger partial charge in [-0.15, -0.1) is 22.6 Å². The van der Waals surface area contributed by atoms with Crippen LogP contribution in [-0.2, 0) is 11.3 Å². The molecule has 0 aliphatic carbocycles. The van der Waals surface area contributed by atoms with E-state index in [0.717, 1.165) is 28.4 Å². The van der Waals surface area contributed by atoms with Gasteiger partial charge in [-0.3, -0.25) is 4.79 Å². The first kappa shape index (κ1) is 18.3. The minimum Gasteiger partial charge on any atom is -0.350 e. The molecule has 7 heteroatoms. The Morgan fingerprint density at radius 2 is 1.88 bits per heavy atom. The maximum absolute atomic E-state index is 12.2. The minimum atomic E-state index is 0. The van der Waals surface area contributed by atoms with Crippen LogP contribution in [0.2, 0.25) is 0 Å². The number of hydrogen-bond donors (Lipinski definition) is 2. The molecule has 2 aliphatic heterocycles. The fraction of sp³-hybridized carbons (Fsp3) is 0.500. The summed E-state index contributed by atoms with van der Waals surface area (Å²) in [7, 11) is 0. The third-order valence-corrected chi connectivity index (χ3v) is 5.94. The van der Waals surface area contributed by atoms with Gasteiger partial charge in [-0.1, -0.05) is 41.7 Å². The zero-order chi connectivity index (χ0) is 16.4. The van der Waals surface area contributed by atoms with E-state index in [2.05, 4.69) is 20.8 Å². The Hall–Kier alpha value is -1.50. The fourth-order valence-electron chi connectivity index (χ4n) is 3.87. The zero-order valence-electron chi connectivity index (χ0n) is 14.0. The van der Waals surface area contributed by atoms with Crippen LogP contribution in [0.25, 0.3) is 10.6 Å². The number of carbonyl (C=O) groups is 1. The quantitative estimate of drug-likeness (QED) is 0.838. The minimum absolute atomic E-state index is 0. The number of piperidine rings is 1. The molecule has 3 heterocycles. The van der Waals surface area contributed by atoms with Crippen molar-refractivity contribution in [2.75, 3.05) is 0 Å². The summed E-state index contributed by atoms with van der Waals surface area (Å²) in [6.45, 7) is 0.473. The van der Waals surface area contributed by atoms with Crippen molar-refractivity contribution in [1.82, 2.24) is 20.8 Å². The van der Waals surface area contributed by atoms with Gasteiger partial charge < -0.3 is 10.6 Å². The molecule has 0 spiro atoms. The molecule has 2 fully saturated rings. The van der Waals surface area contributed by atoms with Gasteiger partial charge in [0.15, 0.2) is 0 Å². The molecule has 2 aliphatic rings. The second-order valence-corrected chi connectivity index (χ2v) is 7.89. The molecule has 1 aromatic heterocycles. The third kappa shape index (κ3) is 4.57. The Labute approximate surface area is 158 Å². The molecule has 25 heavy (non-hydrogen) atoms. The molecule has 1 amide bonds. The van der Waals surface area contributed by atoms with Crippen molar-refractivity contribution in [3.8, 4) is 10.6 Å². The van der Waals surface area contributed by atoms with Crippen molar-refractivity contribution in [3.05, 3.63) is 35.3 Å². The molecule has 0 saturated carbocycles. The van der Waals surface area contributed by atoms with Crippen molar-refractivity contribution >= 4 is 29.7 Å². The molecule has 4 rings (SSSR count). The summed E-state index contributed by atoms with van der Waals surface area (Å²) in [6.07, 6.45) is 5.46. The van der Waals surface area contributed by atoms with E-state index >= 15 is 0 Å². The number of aromatic nitrogens is 2. The van der Waals surface area contributed by atoms with Crippen LogP contribution in [-0.4, -0.2) is 28.2 Å². The van der Waals surface area contributed by atoms with Crippen LogP contribution in [0, 0.1) is 5.92 Å². The normalized spacial score (nSPS) is 24.6. The second-order valence-electron chi connectivity index (χ2n) is 6.82. The Morgan fingerprint density at radius 3 is 2.60 bits per heavy atom. The van der Waals surface area contributed by atoms with E-state index in [1.54, 1.807) is 0 Å². The number of carbonyl (C=O) groups excluding carboxylic acids is 1. The van der Waals surface area contributed by atoms with Gasteiger partial charge in [0.1, 0.15) is 10.0 Å². The van der Waals surface area contributed by atoms with Gasteiger partial charge in [-0.05, 0) is 31.6 Å². The molecule has 1 aromatic carbocycles. The monoisotopic (exact) mass is 378 g/mol. The Morgan fingerprint density at radius 1 is 1.16 bits per heavy atom. The topological polar surface area (TPSA) is 66.9 Å². The van der Waals surface area contributed by atoms with Crippen LogP contribution in [0.4, 0.5) is 0 Å². The Balaban J connectivity index is 0.00000182. The smallest absolute Gasteiger partial charge is 0.220 e. The Bertz CT molecular complexity index is 696. The average Bonchev–Trinajstić information content (AvgIpc) is 3.20. The lowest BCUT2D eigenvalue weighted by atomic mass is 9.89. The van der Waals surface area contributed by atoms with Crippen molar-refractivity contribution in [1.29, 1.82) is 0 Å². The fourth-order valence-corrected chi connectivity index (χ4v) is 4.66. The largest absolute Gasteiger partial charge is 0.350 e. The molecular weight excluding hydrogens is 356 g/mol. The van der Waals surface area contributed by atoms with Crippen LogP contribution in [0.3, 0.4) is 0 Å². The predicted octanol–water partition coefficient (Wildman–Crippen LogP) is 3.16. The lowest BCUT2D eigenvalue weighted by molar-refractivity contribution is -0.122. The number of hydrogen-bond acceptors (Lipinski definition) is 5. The summed E-state index contributed by atoms with van der Waals surface area (Å²) in [5, 5.41) is 16.8. The number of nitrogens with zero attached hydrogens (tertiary/aromatic N) is 2. The number of fused-ring (bicyclic) bond motifs is 2. The summed E-state index contributed by atoms with van der Waals surface area (Å²) < 4.78 is 0. The van der Waals surface area contributed by atoms with Gasteiger partial charge in [0, 0.05) is 24.1 Å². The van der Waals surface area contributed by atoms with E-state index in [4.69, 9.17) is 0 Å². The SMILES string of the molecule is Cl.O=C(CC1CC2CCC(C1)N2)NCc1nnc(-c2ccccc2)s1. The molecule has 2 atom stereocenters. The maximum atomic E-state index is 12.2. The van der Waals surface area contributed by atoms with E-state index in [1.807, 2.05) is 30.3 Å². The van der Waals surface area contributed by atoms with Gasteiger partial charge >= 0.3 is 0 Å². The van der Waals surface area contributed by atoms with E-state index in [-0.39, 0.29) is 18.3 Å². The van der Waals surface area contributed by atoms with Crippen LogP contribution >= 0.6 is 23.7 Å². The molecule has 0 radical (unpaired) electrons. The maximum Gasteiger partial charge on any atom is 0.220 e. The first-order valence-corrected chi connectivity index (χ1v) is 9.48. The number of nitrogens with one attached hydrogen (secondary N) is 2. The Kier molecular flexibility index (Phi) is 6.04. The van der Waals surface area contributed by atoms with E-state index in [0.29, 0.717) is 31.0 Å². The lowest BCUT2D eigenvalue weighted by Gasteiger charge is -2.28. The molecule has 2 unspecified atom stereocenters. The van der Waals surface area contributed by atoms with Crippen molar-refractivity contribution < 1.29 is 4.79 Å². The van der Waals surface area contributed by atoms with Crippen molar-refractivity contribution in [3.63, 3.8) is 0 Å². The van der Waals surface area contributed by atoms with E-state index < -0.39 is 0 Å². The highest BCUT2D eigenvalue weighted by atomic mass is 35.5. The summed E-state index contributed by atoms with van der Waals surface area (Å²) in [4.78, 5) is 12.2. The second kappa shape index (κ2) is 8.25. The molecule has 2 bridgehead atoms. The van der Waals surface area contributed by atoms with Gasteiger partial charge in [0.05, 0.1) is 6.54 Å². The summed E-state index contributed by atoms with van der Waals surface area (Å²) in [5.74, 6) is 0.663. The number of rotatable bonds is 5. The molecule has 2 aromatic rings. The highest BCUT2D eigenvalue weighted by Crippen LogP contribution is 2.32. The van der Waals surface area contributed by atoms with Crippen LogP contribution < -0.4 is 10.6 Å². The summed E-state index contributed by atoms with van der Waals surface area (Å²) >= 11 is 1.54. The number of benzene rings is 1. The molecular formula is C18H23ClN4OS. The van der Waals surface area contributed by atoms with Gasteiger partial charge in [0.25, 0.3) is 0 Å². The average molecular weight is 379 g/mol. The van der Waals surface area contributed by atoms with Gasteiger partial charge in [-0.25, -0.2) is 0 Å². The summed E-state index contributed by atoms with van der Waals surface area (Å²) in [6, 6.07) is 11.3. The standard InChI is InChI=1S/C18H22N4OS.ClH/c23-16(10-12-8-14-6-7-15(9-12)20-14)19-11-17-21-22-18(24-17)13-4-2-1-3-5-13;/h1-5,12,14-15,20H,6-11H2,(H,19,23);1H. The zero-order valence-corrected chi connectivity index (χ0v) is 15.6. The van der Waals surface area contributed by atoms with Gasteiger partial charge in [-0.2, -0.15) is 0 Å². The van der Waals surface area contributed by atoms with Crippen molar-refractivity contribution in [2.45, 2.75) is 50.7 Å². The lowest BCUT2D eigenvalue weighted by Crippen LogP contribution is -2.39. The van der Waals surface area contributed by atoms with Crippen LogP contribution in [0.1, 0.15) is 37.1 Å². The van der Waals surface area contributed by atoms with Crippen molar-refractivity contribution in [2.24, 2.45) is 5.92 Å². The highest BCUT2D eigenvalue weighted by Gasteiger charge is 2.34. The number of halogens is 1. The summed E-state index contributed by atoms with van der Waals surface area (Å²) in [5.41, 5.74) is 1.07. The van der Waals surface area contributed by atoms with E-state index in [1.165, 1.54) is 24.2 Å². The highest BCUT2D eigenvalue weighted by molar-refractivity contribution is 7.14.